The second kappa shape index (κ2) is 3.78. The third-order valence-electron chi connectivity index (χ3n) is 1.57. The monoisotopic (exact) mass is 172 g/mol. The number of carbonyl (C=O) groups excluding carboxylic acids is 2. The molecule has 0 aromatic heterocycles. The van der Waals surface area contributed by atoms with Crippen molar-refractivity contribution in [2.45, 2.75) is 26.1 Å². The smallest absolute Gasteiger partial charge is 0.160 e. The fourth-order valence-electron chi connectivity index (χ4n) is 0.566. The molecule has 0 aromatic carbocycles. The summed E-state index contributed by atoms with van der Waals surface area (Å²) in [5, 5.41) is 0. The number of rotatable bonds is 2. The van der Waals surface area contributed by atoms with Crippen LogP contribution in [0, 0.1) is 0 Å². The molecule has 0 spiro atoms. The molecule has 2 heterocycles. The van der Waals surface area contributed by atoms with E-state index in [9.17, 15) is 9.59 Å². The van der Waals surface area contributed by atoms with E-state index < -0.39 is 0 Å². The lowest BCUT2D eigenvalue weighted by Gasteiger charge is -1.72. The average molecular weight is 172 g/mol. The standard InChI is InChI=1S/2C4H6O2/c2*1-3(5)4-2-6-4/h2*4H,2H2,1H3. The predicted octanol–water partition coefficient (Wildman–Crippen LogP) is -0.0516. The van der Waals surface area contributed by atoms with Crippen molar-refractivity contribution in [2.75, 3.05) is 13.2 Å². The summed E-state index contributed by atoms with van der Waals surface area (Å²) in [6, 6.07) is 0. The molecule has 0 aliphatic carbocycles. The summed E-state index contributed by atoms with van der Waals surface area (Å²) in [6.07, 6.45) is -0.0741. The minimum absolute atomic E-state index is 0.0370. The first kappa shape index (κ1) is 9.35. The van der Waals surface area contributed by atoms with Gasteiger partial charge in [-0.2, -0.15) is 0 Å². The van der Waals surface area contributed by atoms with Crippen molar-refractivity contribution in [1.82, 2.24) is 0 Å². The molecule has 2 atom stereocenters. The van der Waals surface area contributed by atoms with E-state index in [4.69, 9.17) is 0 Å². The van der Waals surface area contributed by atoms with Gasteiger partial charge in [0.1, 0.15) is 12.2 Å². The Balaban J connectivity index is 0.000000120. The van der Waals surface area contributed by atoms with Gasteiger partial charge in [0, 0.05) is 0 Å². The molecule has 0 N–H and O–H groups in total. The van der Waals surface area contributed by atoms with Gasteiger partial charge in [-0.3, -0.25) is 9.59 Å². The highest BCUT2D eigenvalue weighted by molar-refractivity contribution is 5.82. The van der Waals surface area contributed by atoms with Gasteiger partial charge in [-0.1, -0.05) is 0 Å². The van der Waals surface area contributed by atoms with Crippen LogP contribution in [0.3, 0.4) is 0 Å². The number of hydrogen-bond acceptors (Lipinski definition) is 4. The maximum atomic E-state index is 10.1. The summed E-state index contributed by atoms with van der Waals surface area (Å²) < 4.78 is 9.24. The maximum Gasteiger partial charge on any atom is 0.160 e. The maximum absolute atomic E-state index is 10.1. The molecule has 2 fully saturated rings. The van der Waals surface area contributed by atoms with E-state index in [2.05, 4.69) is 9.47 Å². The summed E-state index contributed by atoms with van der Waals surface area (Å²) in [5.41, 5.74) is 0. The van der Waals surface area contributed by atoms with Crippen LogP contribution in [0.5, 0.6) is 0 Å². The van der Waals surface area contributed by atoms with E-state index >= 15 is 0 Å². The van der Waals surface area contributed by atoms with Crippen molar-refractivity contribution in [3.8, 4) is 0 Å². The van der Waals surface area contributed by atoms with Crippen LogP contribution in [0.2, 0.25) is 0 Å². The minimum Gasteiger partial charge on any atom is -0.365 e. The molecule has 12 heavy (non-hydrogen) atoms. The largest absolute Gasteiger partial charge is 0.365 e. The third kappa shape index (κ3) is 3.59. The summed E-state index contributed by atoms with van der Waals surface area (Å²) in [4.78, 5) is 20.2. The van der Waals surface area contributed by atoms with Crippen molar-refractivity contribution < 1.29 is 19.1 Å². The minimum atomic E-state index is -0.0370. The molecule has 2 aliphatic heterocycles. The number of carbonyl (C=O) groups is 2. The van der Waals surface area contributed by atoms with Gasteiger partial charge in [0.25, 0.3) is 0 Å². The van der Waals surface area contributed by atoms with E-state index in [1.165, 1.54) is 13.8 Å². The Labute approximate surface area is 70.8 Å². The Hall–Kier alpha value is -0.740. The second-order valence-corrected chi connectivity index (χ2v) is 2.87. The molecule has 2 saturated heterocycles. The summed E-state index contributed by atoms with van der Waals surface area (Å²) >= 11 is 0. The van der Waals surface area contributed by atoms with E-state index in [1.807, 2.05) is 0 Å². The molecule has 0 aromatic rings. The van der Waals surface area contributed by atoms with Gasteiger partial charge in [-0.25, -0.2) is 0 Å². The van der Waals surface area contributed by atoms with Gasteiger partial charge in [0.15, 0.2) is 11.6 Å². The normalized spacial score (nSPS) is 29.8. The lowest BCUT2D eigenvalue weighted by Crippen LogP contribution is -1.97. The van der Waals surface area contributed by atoms with Crippen LogP contribution in [-0.2, 0) is 19.1 Å². The van der Waals surface area contributed by atoms with Gasteiger partial charge in [-0.15, -0.1) is 0 Å². The number of hydrogen-bond donors (Lipinski definition) is 0. The van der Waals surface area contributed by atoms with Crippen LogP contribution in [0.1, 0.15) is 13.8 Å². The van der Waals surface area contributed by atoms with Crippen LogP contribution in [0.4, 0.5) is 0 Å². The summed E-state index contributed by atoms with van der Waals surface area (Å²) in [5.74, 6) is 0.296. The van der Waals surface area contributed by atoms with Gasteiger partial charge in [0.05, 0.1) is 13.2 Å². The molecule has 0 bridgehead atoms. The fraction of sp³-hybridized carbons (Fsp3) is 0.750. The Morgan fingerprint density at radius 1 is 1.00 bits per heavy atom. The highest BCUT2D eigenvalue weighted by Gasteiger charge is 2.27. The molecule has 4 nitrogen and oxygen atoms in total. The molecular formula is C8H12O4. The van der Waals surface area contributed by atoms with E-state index in [-0.39, 0.29) is 23.8 Å². The fourth-order valence-corrected chi connectivity index (χ4v) is 0.566. The lowest BCUT2D eigenvalue weighted by molar-refractivity contribution is -0.118. The van der Waals surface area contributed by atoms with Crippen LogP contribution in [0.15, 0.2) is 0 Å². The number of Topliss-reactive ketones (excluding diaryl/α,β-unsaturated/α-hetero) is 2. The molecule has 2 rings (SSSR count). The molecule has 2 unspecified atom stereocenters. The molecular weight excluding hydrogens is 160 g/mol. The van der Waals surface area contributed by atoms with Crippen molar-refractivity contribution in [2.24, 2.45) is 0 Å². The summed E-state index contributed by atoms with van der Waals surface area (Å²) in [6.45, 7) is 4.38. The van der Waals surface area contributed by atoms with Crippen molar-refractivity contribution >= 4 is 11.6 Å². The number of ketones is 2. The van der Waals surface area contributed by atoms with Crippen LogP contribution in [-0.4, -0.2) is 37.0 Å². The van der Waals surface area contributed by atoms with Gasteiger partial charge >= 0.3 is 0 Å². The zero-order valence-electron chi connectivity index (χ0n) is 7.20. The first-order chi connectivity index (χ1) is 5.61. The molecule has 0 amide bonds. The van der Waals surface area contributed by atoms with Crippen LogP contribution >= 0.6 is 0 Å². The zero-order valence-corrected chi connectivity index (χ0v) is 7.20. The molecule has 0 radical (unpaired) electrons. The van der Waals surface area contributed by atoms with Crippen LogP contribution < -0.4 is 0 Å². The highest BCUT2D eigenvalue weighted by Crippen LogP contribution is 2.08. The molecule has 4 heteroatoms. The molecule has 2 aliphatic rings. The van der Waals surface area contributed by atoms with E-state index in [1.54, 1.807) is 0 Å². The zero-order chi connectivity index (χ0) is 9.14. The Kier molecular flexibility index (Phi) is 2.94. The lowest BCUT2D eigenvalue weighted by atomic mass is 10.3. The first-order valence-corrected chi connectivity index (χ1v) is 3.85. The third-order valence-corrected chi connectivity index (χ3v) is 1.57. The number of ether oxygens (including phenoxy) is 2. The first-order valence-electron chi connectivity index (χ1n) is 3.85. The van der Waals surface area contributed by atoms with Gasteiger partial charge in [-0.05, 0) is 13.8 Å². The Morgan fingerprint density at radius 3 is 1.25 bits per heavy atom. The topological polar surface area (TPSA) is 59.2 Å². The van der Waals surface area contributed by atoms with Crippen molar-refractivity contribution in [1.29, 1.82) is 0 Å². The molecule has 68 valence electrons. The van der Waals surface area contributed by atoms with Gasteiger partial charge < -0.3 is 9.47 Å². The van der Waals surface area contributed by atoms with Crippen molar-refractivity contribution in [3.05, 3.63) is 0 Å². The SMILES string of the molecule is CC(=O)C1CO1.CC(=O)C1CO1. The van der Waals surface area contributed by atoms with E-state index in [0.29, 0.717) is 13.2 Å². The van der Waals surface area contributed by atoms with Crippen molar-refractivity contribution in [3.63, 3.8) is 0 Å². The second-order valence-electron chi connectivity index (χ2n) is 2.87. The average Bonchev–Trinajstić information content (AvgIpc) is 2.85. The molecule has 0 saturated carbocycles. The van der Waals surface area contributed by atoms with E-state index in [0.717, 1.165) is 0 Å². The predicted molar refractivity (Wildman–Crippen MR) is 40.8 cm³/mol. The highest BCUT2D eigenvalue weighted by atomic mass is 16.6. The quantitative estimate of drug-likeness (QED) is 0.548. The van der Waals surface area contributed by atoms with Gasteiger partial charge in [0.2, 0.25) is 0 Å². The Morgan fingerprint density at radius 2 is 1.25 bits per heavy atom. The van der Waals surface area contributed by atoms with Crippen LogP contribution in [0.25, 0.3) is 0 Å². The number of epoxide rings is 2. The summed E-state index contributed by atoms with van der Waals surface area (Å²) in [7, 11) is 0. The Bertz CT molecular complexity index is 169.